The Bertz CT molecular complexity index is 980. The van der Waals surface area contributed by atoms with E-state index in [1.54, 1.807) is 35.5 Å². The summed E-state index contributed by atoms with van der Waals surface area (Å²) in [5.41, 5.74) is 2.55. The highest BCUT2D eigenvalue weighted by Crippen LogP contribution is 2.15. The number of methoxy groups -OCH3 is 1. The van der Waals surface area contributed by atoms with Crippen molar-refractivity contribution in [1.29, 1.82) is 0 Å². The van der Waals surface area contributed by atoms with E-state index in [4.69, 9.17) is 9.94 Å². The van der Waals surface area contributed by atoms with Crippen molar-refractivity contribution in [3.8, 4) is 5.75 Å². The molecule has 3 rings (SSSR count). The van der Waals surface area contributed by atoms with Crippen LogP contribution < -0.4 is 21.1 Å². The molecule has 0 aliphatic heterocycles. The van der Waals surface area contributed by atoms with Crippen molar-refractivity contribution in [3.05, 3.63) is 70.6 Å². The second kappa shape index (κ2) is 7.71. The van der Waals surface area contributed by atoms with E-state index in [0.29, 0.717) is 18.5 Å². The number of fused-ring (bicyclic) bond motifs is 1. The highest BCUT2D eigenvalue weighted by molar-refractivity contribution is 5.97. The summed E-state index contributed by atoms with van der Waals surface area (Å²) >= 11 is 0. The van der Waals surface area contributed by atoms with Gasteiger partial charge in [-0.1, -0.05) is 6.07 Å². The van der Waals surface area contributed by atoms with Crippen LogP contribution >= 0.6 is 0 Å². The Labute approximate surface area is 149 Å². The molecule has 0 aliphatic carbocycles. The fraction of sp³-hybridized carbons (Fsp3) is 0.158. The van der Waals surface area contributed by atoms with Crippen molar-refractivity contribution in [1.82, 2.24) is 10.0 Å². The van der Waals surface area contributed by atoms with E-state index in [1.807, 2.05) is 30.3 Å². The van der Waals surface area contributed by atoms with Crippen molar-refractivity contribution < 1.29 is 14.7 Å². The van der Waals surface area contributed by atoms with Crippen LogP contribution in [0.25, 0.3) is 10.8 Å². The van der Waals surface area contributed by atoms with Gasteiger partial charge in [-0.3, -0.25) is 14.8 Å². The predicted octanol–water partition coefficient (Wildman–Crippen LogP) is 2.24. The number of rotatable bonds is 6. The molecule has 7 heteroatoms. The molecule has 0 fully saturated rings. The second-order valence-electron chi connectivity index (χ2n) is 5.71. The molecule has 1 heterocycles. The molecular formula is C19H19N3O4. The molecule has 0 bridgehead atoms. The lowest BCUT2D eigenvalue weighted by Crippen LogP contribution is -2.24. The van der Waals surface area contributed by atoms with Gasteiger partial charge in [0.2, 0.25) is 0 Å². The molecule has 0 radical (unpaired) electrons. The molecule has 0 unspecified atom stereocenters. The van der Waals surface area contributed by atoms with Gasteiger partial charge in [0.1, 0.15) is 5.75 Å². The largest absolute Gasteiger partial charge is 0.497 e. The number of ether oxygens (including phenoxy) is 1. The maximum Gasteiger partial charge on any atom is 0.274 e. The monoisotopic (exact) mass is 353 g/mol. The van der Waals surface area contributed by atoms with E-state index in [0.717, 1.165) is 16.8 Å². The van der Waals surface area contributed by atoms with Gasteiger partial charge in [0.15, 0.2) is 0 Å². The van der Waals surface area contributed by atoms with Gasteiger partial charge in [-0.15, -0.1) is 0 Å². The predicted molar refractivity (Wildman–Crippen MR) is 98.9 cm³/mol. The smallest absolute Gasteiger partial charge is 0.274 e. The van der Waals surface area contributed by atoms with Gasteiger partial charge in [0.25, 0.3) is 11.5 Å². The summed E-state index contributed by atoms with van der Waals surface area (Å²) in [6.45, 7) is 1.03. The molecule has 0 aliphatic rings. The summed E-state index contributed by atoms with van der Waals surface area (Å²) in [6, 6.07) is 14.1. The molecule has 26 heavy (non-hydrogen) atoms. The zero-order chi connectivity index (χ0) is 18.5. The SMILES string of the molecule is COc1ccc(NCCn2ccc3ccc(C(=O)NO)cc3c2=O)cc1. The summed E-state index contributed by atoms with van der Waals surface area (Å²) in [6.07, 6.45) is 1.73. The molecule has 0 atom stereocenters. The number of nitrogens with zero attached hydrogens (tertiary/aromatic N) is 1. The lowest BCUT2D eigenvalue weighted by molar-refractivity contribution is 0.0706. The number of hydrogen-bond donors (Lipinski definition) is 3. The number of aromatic nitrogens is 1. The van der Waals surface area contributed by atoms with Crippen molar-refractivity contribution in [2.75, 3.05) is 19.0 Å². The Morgan fingerprint density at radius 1 is 1.15 bits per heavy atom. The molecule has 7 nitrogen and oxygen atoms in total. The van der Waals surface area contributed by atoms with Crippen LogP contribution in [-0.2, 0) is 6.54 Å². The topological polar surface area (TPSA) is 92.6 Å². The Kier molecular flexibility index (Phi) is 5.19. The number of nitrogens with one attached hydrogen (secondary N) is 2. The third-order valence-electron chi connectivity index (χ3n) is 4.11. The second-order valence-corrected chi connectivity index (χ2v) is 5.71. The van der Waals surface area contributed by atoms with Gasteiger partial charge in [-0.05, 0) is 47.9 Å². The summed E-state index contributed by atoms with van der Waals surface area (Å²) < 4.78 is 6.70. The summed E-state index contributed by atoms with van der Waals surface area (Å²) in [4.78, 5) is 24.2. The molecule has 0 saturated carbocycles. The van der Waals surface area contributed by atoms with E-state index in [9.17, 15) is 9.59 Å². The number of carbonyl (C=O) groups excluding carboxylic acids is 1. The van der Waals surface area contributed by atoms with Crippen molar-refractivity contribution in [3.63, 3.8) is 0 Å². The van der Waals surface area contributed by atoms with Crippen LogP contribution in [0.4, 0.5) is 5.69 Å². The van der Waals surface area contributed by atoms with Crippen LogP contribution in [0.3, 0.4) is 0 Å². The van der Waals surface area contributed by atoms with Gasteiger partial charge in [-0.25, -0.2) is 5.48 Å². The minimum absolute atomic E-state index is 0.188. The molecule has 1 amide bonds. The summed E-state index contributed by atoms with van der Waals surface area (Å²) in [7, 11) is 1.62. The average molecular weight is 353 g/mol. The maximum atomic E-state index is 12.6. The Balaban J connectivity index is 1.75. The number of anilines is 1. The molecule has 3 aromatic rings. The van der Waals surface area contributed by atoms with Crippen LogP contribution in [0, 0.1) is 0 Å². The summed E-state index contributed by atoms with van der Waals surface area (Å²) in [5, 5.41) is 13.2. The normalized spacial score (nSPS) is 10.5. The van der Waals surface area contributed by atoms with E-state index in [1.165, 1.54) is 6.07 Å². The van der Waals surface area contributed by atoms with E-state index in [2.05, 4.69) is 5.32 Å². The van der Waals surface area contributed by atoms with Gasteiger partial charge < -0.3 is 14.6 Å². The average Bonchev–Trinajstić information content (AvgIpc) is 2.69. The number of amides is 1. The number of benzene rings is 2. The first-order valence-corrected chi connectivity index (χ1v) is 8.08. The van der Waals surface area contributed by atoms with Crippen molar-refractivity contribution >= 4 is 22.4 Å². The Morgan fingerprint density at radius 2 is 1.92 bits per heavy atom. The quantitative estimate of drug-likeness (QED) is 0.467. The number of pyridine rings is 1. The van der Waals surface area contributed by atoms with Crippen LogP contribution in [0.1, 0.15) is 10.4 Å². The third-order valence-corrected chi connectivity index (χ3v) is 4.11. The van der Waals surface area contributed by atoms with Crippen LogP contribution in [-0.4, -0.2) is 29.3 Å². The zero-order valence-electron chi connectivity index (χ0n) is 14.2. The highest BCUT2D eigenvalue weighted by atomic mass is 16.5. The number of hydroxylamine groups is 1. The zero-order valence-corrected chi connectivity index (χ0v) is 14.2. The van der Waals surface area contributed by atoms with Gasteiger partial charge >= 0.3 is 0 Å². The van der Waals surface area contributed by atoms with E-state index >= 15 is 0 Å². The lowest BCUT2D eigenvalue weighted by Gasteiger charge is -2.10. The molecule has 3 N–H and O–H groups in total. The summed E-state index contributed by atoms with van der Waals surface area (Å²) in [5.74, 6) is 0.131. The molecule has 0 spiro atoms. The minimum Gasteiger partial charge on any atom is -0.497 e. The fourth-order valence-electron chi connectivity index (χ4n) is 2.69. The lowest BCUT2D eigenvalue weighted by atomic mass is 10.1. The highest BCUT2D eigenvalue weighted by Gasteiger charge is 2.08. The third kappa shape index (κ3) is 3.68. The van der Waals surface area contributed by atoms with Crippen LogP contribution in [0.2, 0.25) is 0 Å². The van der Waals surface area contributed by atoms with Gasteiger partial charge in [0, 0.05) is 35.9 Å². The van der Waals surface area contributed by atoms with Crippen molar-refractivity contribution in [2.24, 2.45) is 0 Å². The molecule has 0 saturated heterocycles. The van der Waals surface area contributed by atoms with E-state index < -0.39 is 5.91 Å². The first kappa shape index (κ1) is 17.5. The van der Waals surface area contributed by atoms with Crippen molar-refractivity contribution in [2.45, 2.75) is 6.54 Å². The molecule has 134 valence electrons. The van der Waals surface area contributed by atoms with Crippen LogP contribution in [0.15, 0.2) is 59.5 Å². The Hall–Kier alpha value is -3.32. The fourth-order valence-corrected chi connectivity index (χ4v) is 2.69. The van der Waals surface area contributed by atoms with E-state index in [-0.39, 0.29) is 11.1 Å². The Morgan fingerprint density at radius 3 is 2.62 bits per heavy atom. The molecule has 1 aromatic heterocycles. The maximum absolute atomic E-state index is 12.6. The van der Waals surface area contributed by atoms with Gasteiger partial charge in [0.05, 0.1) is 7.11 Å². The number of hydrogen-bond acceptors (Lipinski definition) is 5. The van der Waals surface area contributed by atoms with Crippen LogP contribution in [0.5, 0.6) is 5.75 Å². The first-order valence-electron chi connectivity index (χ1n) is 8.08. The molecular weight excluding hydrogens is 334 g/mol. The van der Waals surface area contributed by atoms with Gasteiger partial charge in [-0.2, -0.15) is 0 Å². The molecule has 2 aromatic carbocycles. The number of carbonyl (C=O) groups is 1. The minimum atomic E-state index is -0.650. The first-order chi connectivity index (χ1) is 12.6. The standard InChI is InChI=1S/C19H19N3O4/c1-26-16-6-4-15(5-7-16)20-9-11-22-10-8-13-2-3-14(18(23)21-25)12-17(13)19(22)24/h2-8,10,12,20,25H,9,11H2,1H3,(H,21,23).